The largest absolute Gasteiger partial charge is 0.357 e. The van der Waals surface area contributed by atoms with Crippen LogP contribution in [0.3, 0.4) is 0 Å². The van der Waals surface area contributed by atoms with Crippen LogP contribution in [-0.2, 0) is 0 Å². The topological polar surface area (TPSA) is 48.5 Å². The molecule has 0 spiro atoms. The monoisotopic (exact) mass is 288 g/mol. The summed E-state index contributed by atoms with van der Waals surface area (Å²) in [6.45, 7) is 7.99. The quantitative estimate of drug-likeness (QED) is 0.896. The molecular weight excluding hydrogens is 264 g/mol. The third-order valence-corrected chi connectivity index (χ3v) is 4.72. The van der Waals surface area contributed by atoms with Crippen LogP contribution < -0.4 is 10.2 Å². The van der Waals surface area contributed by atoms with E-state index >= 15 is 0 Å². The van der Waals surface area contributed by atoms with E-state index < -0.39 is 0 Å². The van der Waals surface area contributed by atoms with E-state index in [0.717, 1.165) is 32.0 Å². The number of anilines is 1. The van der Waals surface area contributed by atoms with Crippen molar-refractivity contribution in [3.63, 3.8) is 0 Å². The van der Waals surface area contributed by atoms with E-state index in [9.17, 15) is 4.79 Å². The summed E-state index contributed by atoms with van der Waals surface area (Å²) in [7, 11) is 0. The number of piperazine rings is 1. The molecule has 2 atom stereocenters. The van der Waals surface area contributed by atoms with Crippen LogP contribution in [0.2, 0.25) is 0 Å². The molecule has 21 heavy (non-hydrogen) atoms. The van der Waals surface area contributed by atoms with Crippen molar-refractivity contribution in [2.24, 2.45) is 0 Å². The zero-order chi connectivity index (χ0) is 14.8. The number of amides is 1. The van der Waals surface area contributed by atoms with Gasteiger partial charge in [-0.25, -0.2) is 4.98 Å². The fourth-order valence-corrected chi connectivity index (χ4v) is 3.15. The predicted octanol–water partition coefficient (Wildman–Crippen LogP) is 1.50. The van der Waals surface area contributed by atoms with Gasteiger partial charge in [-0.05, 0) is 38.8 Å². The van der Waals surface area contributed by atoms with Crippen molar-refractivity contribution in [2.75, 3.05) is 31.1 Å². The molecule has 5 heteroatoms. The molecule has 1 amide bonds. The van der Waals surface area contributed by atoms with Gasteiger partial charge in [-0.3, -0.25) is 4.79 Å². The molecule has 2 unspecified atom stereocenters. The van der Waals surface area contributed by atoms with Crippen LogP contribution in [0.15, 0.2) is 18.3 Å². The lowest BCUT2D eigenvalue weighted by Crippen LogP contribution is -2.57. The minimum absolute atomic E-state index is 0.0938. The maximum Gasteiger partial charge on any atom is 0.255 e. The highest BCUT2D eigenvalue weighted by molar-refractivity contribution is 5.94. The average Bonchev–Trinajstić information content (AvgIpc) is 3.04. The molecule has 0 saturated carbocycles. The van der Waals surface area contributed by atoms with Crippen LogP contribution >= 0.6 is 0 Å². The summed E-state index contributed by atoms with van der Waals surface area (Å²) in [5.74, 6) is 1.09. The molecule has 2 fully saturated rings. The summed E-state index contributed by atoms with van der Waals surface area (Å²) >= 11 is 0. The molecule has 1 aromatic heterocycles. The van der Waals surface area contributed by atoms with Crippen molar-refractivity contribution in [3.05, 3.63) is 23.9 Å². The second-order valence-electron chi connectivity index (χ2n) is 6.08. The zero-order valence-electron chi connectivity index (χ0n) is 12.9. The van der Waals surface area contributed by atoms with Gasteiger partial charge in [0.25, 0.3) is 5.91 Å². The molecule has 1 N–H and O–H groups in total. The molecule has 2 saturated heterocycles. The second-order valence-corrected chi connectivity index (χ2v) is 6.08. The van der Waals surface area contributed by atoms with Crippen LogP contribution in [0.1, 0.15) is 37.0 Å². The number of carbonyl (C=O) groups excluding carboxylic acids is 1. The van der Waals surface area contributed by atoms with Crippen molar-refractivity contribution in [2.45, 2.75) is 38.8 Å². The van der Waals surface area contributed by atoms with Crippen LogP contribution in [0.5, 0.6) is 0 Å². The SMILES string of the molecule is CC1NCCN(C(=O)c2ccc(N3CCCC3)nc2)C1C. The Morgan fingerprint density at radius 2 is 2.00 bits per heavy atom. The molecule has 2 aliphatic rings. The van der Waals surface area contributed by atoms with Crippen molar-refractivity contribution in [1.29, 1.82) is 0 Å². The molecule has 0 aliphatic carbocycles. The van der Waals surface area contributed by atoms with Gasteiger partial charge >= 0.3 is 0 Å². The molecule has 2 aliphatic heterocycles. The Bertz CT molecular complexity index is 496. The first kappa shape index (κ1) is 14.3. The highest BCUT2D eigenvalue weighted by atomic mass is 16.2. The Hall–Kier alpha value is -1.62. The minimum Gasteiger partial charge on any atom is -0.357 e. The summed E-state index contributed by atoms with van der Waals surface area (Å²) in [6, 6.07) is 4.45. The fourth-order valence-electron chi connectivity index (χ4n) is 3.15. The molecule has 0 radical (unpaired) electrons. The van der Waals surface area contributed by atoms with Crippen LogP contribution in [0.25, 0.3) is 0 Å². The fraction of sp³-hybridized carbons (Fsp3) is 0.625. The highest BCUT2D eigenvalue weighted by Gasteiger charge is 2.28. The second kappa shape index (κ2) is 6.02. The van der Waals surface area contributed by atoms with Gasteiger partial charge in [0.1, 0.15) is 5.82 Å². The van der Waals surface area contributed by atoms with Crippen molar-refractivity contribution in [1.82, 2.24) is 15.2 Å². The first-order valence-electron chi connectivity index (χ1n) is 7.92. The Balaban J connectivity index is 1.72. The maximum absolute atomic E-state index is 12.6. The van der Waals surface area contributed by atoms with E-state index in [2.05, 4.69) is 29.0 Å². The Morgan fingerprint density at radius 3 is 2.67 bits per heavy atom. The third-order valence-electron chi connectivity index (χ3n) is 4.72. The third kappa shape index (κ3) is 2.88. The van der Waals surface area contributed by atoms with Gasteiger partial charge in [-0.1, -0.05) is 0 Å². The number of nitrogens with one attached hydrogen (secondary N) is 1. The van der Waals surface area contributed by atoms with E-state index in [0.29, 0.717) is 11.6 Å². The maximum atomic E-state index is 12.6. The lowest BCUT2D eigenvalue weighted by molar-refractivity contribution is 0.0602. The minimum atomic E-state index is 0.0938. The zero-order valence-corrected chi connectivity index (χ0v) is 12.9. The van der Waals surface area contributed by atoms with Crippen LogP contribution in [-0.4, -0.2) is 54.1 Å². The van der Waals surface area contributed by atoms with E-state index in [1.807, 2.05) is 17.0 Å². The first-order chi connectivity index (χ1) is 10.2. The number of rotatable bonds is 2. The lowest BCUT2D eigenvalue weighted by Gasteiger charge is -2.38. The number of hydrogen-bond acceptors (Lipinski definition) is 4. The number of nitrogens with zero attached hydrogens (tertiary/aromatic N) is 3. The Kier molecular flexibility index (Phi) is 4.10. The standard InChI is InChI=1S/C16H24N4O/c1-12-13(2)20(10-7-17-12)16(21)14-5-6-15(18-11-14)19-8-3-4-9-19/h5-6,11-13,17H,3-4,7-10H2,1-2H3. The summed E-state index contributed by atoms with van der Waals surface area (Å²) in [6.07, 6.45) is 4.20. The Labute approximate surface area is 126 Å². The summed E-state index contributed by atoms with van der Waals surface area (Å²) < 4.78 is 0. The molecule has 3 rings (SSSR count). The van der Waals surface area contributed by atoms with Gasteiger partial charge in [0.2, 0.25) is 0 Å². The summed E-state index contributed by atoms with van der Waals surface area (Å²) in [5.41, 5.74) is 0.693. The molecule has 0 aromatic carbocycles. The van der Waals surface area contributed by atoms with Gasteiger partial charge < -0.3 is 15.1 Å². The number of hydrogen-bond donors (Lipinski definition) is 1. The van der Waals surface area contributed by atoms with Crippen molar-refractivity contribution >= 4 is 11.7 Å². The lowest BCUT2D eigenvalue weighted by atomic mass is 10.1. The van der Waals surface area contributed by atoms with E-state index in [-0.39, 0.29) is 11.9 Å². The Morgan fingerprint density at radius 1 is 1.24 bits per heavy atom. The molecule has 5 nitrogen and oxygen atoms in total. The first-order valence-corrected chi connectivity index (χ1v) is 7.92. The summed E-state index contributed by atoms with van der Waals surface area (Å²) in [5, 5.41) is 3.40. The van der Waals surface area contributed by atoms with Gasteiger partial charge in [-0.15, -0.1) is 0 Å². The molecule has 1 aromatic rings. The normalized spacial score (nSPS) is 26.2. The number of aromatic nitrogens is 1. The van der Waals surface area contributed by atoms with Crippen molar-refractivity contribution in [3.8, 4) is 0 Å². The van der Waals surface area contributed by atoms with Crippen molar-refractivity contribution < 1.29 is 4.79 Å². The van der Waals surface area contributed by atoms with E-state index in [4.69, 9.17) is 0 Å². The molecule has 114 valence electrons. The van der Waals surface area contributed by atoms with Crippen LogP contribution in [0, 0.1) is 0 Å². The van der Waals surface area contributed by atoms with Gasteiger partial charge in [-0.2, -0.15) is 0 Å². The molecule has 0 bridgehead atoms. The van der Waals surface area contributed by atoms with Gasteiger partial charge in [0.15, 0.2) is 0 Å². The molecular formula is C16H24N4O. The average molecular weight is 288 g/mol. The number of carbonyl (C=O) groups is 1. The smallest absolute Gasteiger partial charge is 0.255 e. The summed E-state index contributed by atoms with van der Waals surface area (Å²) in [4.78, 5) is 21.3. The number of pyridine rings is 1. The highest BCUT2D eigenvalue weighted by Crippen LogP contribution is 2.19. The van der Waals surface area contributed by atoms with E-state index in [1.54, 1.807) is 6.20 Å². The van der Waals surface area contributed by atoms with Gasteiger partial charge in [0.05, 0.1) is 5.56 Å². The molecule has 3 heterocycles. The van der Waals surface area contributed by atoms with Crippen LogP contribution in [0.4, 0.5) is 5.82 Å². The van der Waals surface area contributed by atoms with Gasteiger partial charge in [0, 0.05) is 44.5 Å². The van der Waals surface area contributed by atoms with E-state index in [1.165, 1.54) is 12.8 Å². The predicted molar refractivity (Wildman–Crippen MR) is 83.6 cm³/mol.